The fourth-order valence-corrected chi connectivity index (χ4v) is 5.01. The van der Waals surface area contributed by atoms with E-state index in [1.54, 1.807) is 18.2 Å². The molecule has 1 fully saturated rings. The molecule has 1 amide bonds. The lowest BCUT2D eigenvalue weighted by molar-refractivity contribution is -0.119. The van der Waals surface area contributed by atoms with Gasteiger partial charge in [-0.15, -0.1) is 0 Å². The third-order valence-electron chi connectivity index (χ3n) is 5.36. The number of amides is 1. The molecule has 0 bridgehead atoms. The molecule has 6 heteroatoms. The first-order valence-corrected chi connectivity index (χ1v) is 11.0. The maximum absolute atomic E-state index is 12.9. The van der Waals surface area contributed by atoms with Gasteiger partial charge in [-0.2, -0.15) is 0 Å². The molecule has 1 heterocycles. The van der Waals surface area contributed by atoms with E-state index in [9.17, 15) is 13.2 Å². The van der Waals surface area contributed by atoms with Gasteiger partial charge in [-0.25, -0.2) is 13.1 Å². The lowest BCUT2D eigenvalue weighted by Gasteiger charge is -2.19. The maximum atomic E-state index is 12.9. The predicted molar refractivity (Wildman–Crippen MR) is 105 cm³/mol. The van der Waals surface area contributed by atoms with Crippen LogP contribution in [0.3, 0.4) is 0 Å². The summed E-state index contributed by atoms with van der Waals surface area (Å²) in [4.78, 5) is 14.5. The summed E-state index contributed by atoms with van der Waals surface area (Å²) < 4.78 is 28.7. The number of benzene rings is 2. The van der Waals surface area contributed by atoms with Gasteiger partial charge in [-0.05, 0) is 55.0 Å². The summed E-state index contributed by atoms with van der Waals surface area (Å²) in [5.74, 6) is 0.342. The van der Waals surface area contributed by atoms with Crippen LogP contribution in [0.1, 0.15) is 43.4 Å². The zero-order chi connectivity index (χ0) is 19.0. The molecule has 1 atom stereocenters. The van der Waals surface area contributed by atoms with Crippen LogP contribution in [0, 0.1) is 5.92 Å². The Bertz CT molecular complexity index is 953. The van der Waals surface area contributed by atoms with Gasteiger partial charge in [-0.1, -0.05) is 37.3 Å². The Morgan fingerprint density at radius 1 is 1.19 bits per heavy atom. The standard InChI is InChI=1S/C21H24N2O3S/c1-2-19(15-6-4-3-5-7-15)22-27(25,26)18-10-11-20-17(14-18)12-13-23(20)21(24)16-8-9-16/h3-7,10-11,14,16,19,22H,2,8-9,12-13H2,1H3/t19-/m1/s1. The van der Waals surface area contributed by atoms with Crippen molar-refractivity contribution in [3.05, 3.63) is 59.7 Å². The second kappa shape index (κ2) is 7.09. The number of anilines is 1. The molecule has 2 aliphatic rings. The van der Waals surface area contributed by atoms with E-state index in [2.05, 4.69) is 4.72 Å². The number of sulfonamides is 1. The number of fused-ring (bicyclic) bond motifs is 1. The number of hydrogen-bond acceptors (Lipinski definition) is 3. The highest BCUT2D eigenvalue weighted by Gasteiger charge is 2.36. The average molecular weight is 385 g/mol. The van der Waals surface area contributed by atoms with Crippen LogP contribution in [0.25, 0.3) is 0 Å². The van der Waals surface area contributed by atoms with Crippen LogP contribution in [0.4, 0.5) is 5.69 Å². The van der Waals surface area contributed by atoms with Crippen LogP contribution in [-0.2, 0) is 21.2 Å². The monoisotopic (exact) mass is 384 g/mol. The lowest BCUT2D eigenvalue weighted by atomic mass is 10.1. The molecule has 0 spiro atoms. The molecule has 4 rings (SSSR count). The van der Waals surface area contributed by atoms with E-state index in [1.807, 2.05) is 42.2 Å². The molecule has 1 N–H and O–H groups in total. The van der Waals surface area contributed by atoms with Crippen molar-refractivity contribution in [2.75, 3.05) is 11.4 Å². The van der Waals surface area contributed by atoms with Crippen LogP contribution < -0.4 is 9.62 Å². The van der Waals surface area contributed by atoms with E-state index in [4.69, 9.17) is 0 Å². The zero-order valence-electron chi connectivity index (χ0n) is 15.4. The number of hydrogen-bond donors (Lipinski definition) is 1. The highest BCUT2D eigenvalue weighted by Crippen LogP contribution is 2.37. The molecule has 142 valence electrons. The molecule has 27 heavy (non-hydrogen) atoms. The number of nitrogens with one attached hydrogen (secondary N) is 1. The van der Waals surface area contributed by atoms with Gasteiger partial charge in [0.25, 0.3) is 0 Å². The number of carbonyl (C=O) groups is 1. The van der Waals surface area contributed by atoms with E-state index in [0.717, 1.165) is 29.7 Å². The third-order valence-corrected chi connectivity index (χ3v) is 6.83. The highest BCUT2D eigenvalue weighted by molar-refractivity contribution is 7.89. The smallest absolute Gasteiger partial charge is 0.241 e. The quantitative estimate of drug-likeness (QED) is 0.830. The minimum atomic E-state index is -3.64. The topological polar surface area (TPSA) is 66.5 Å². The van der Waals surface area contributed by atoms with E-state index in [-0.39, 0.29) is 22.8 Å². The number of nitrogens with zero attached hydrogens (tertiary/aromatic N) is 1. The van der Waals surface area contributed by atoms with Crippen LogP contribution in [0.5, 0.6) is 0 Å². The molecular weight excluding hydrogens is 360 g/mol. The predicted octanol–water partition coefficient (Wildman–Crippen LogP) is 3.42. The first-order chi connectivity index (χ1) is 13.0. The van der Waals surface area contributed by atoms with Crippen LogP contribution in [-0.4, -0.2) is 20.9 Å². The fraction of sp³-hybridized carbons (Fsp3) is 0.381. The third kappa shape index (κ3) is 3.64. The van der Waals surface area contributed by atoms with Gasteiger partial charge in [-0.3, -0.25) is 4.79 Å². The summed E-state index contributed by atoms with van der Waals surface area (Å²) in [6, 6.07) is 14.4. The Balaban J connectivity index is 1.57. The second-order valence-electron chi connectivity index (χ2n) is 7.30. The number of carbonyl (C=O) groups excluding carboxylic acids is 1. The Labute approximate surface area is 160 Å². The van der Waals surface area contributed by atoms with Crippen LogP contribution in [0.15, 0.2) is 53.4 Å². The van der Waals surface area contributed by atoms with Crippen molar-refractivity contribution in [3.8, 4) is 0 Å². The van der Waals surface area contributed by atoms with Gasteiger partial charge < -0.3 is 4.90 Å². The van der Waals surface area contributed by atoms with Gasteiger partial charge in [0.2, 0.25) is 15.9 Å². The summed E-state index contributed by atoms with van der Waals surface area (Å²) in [5, 5.41) is 0. The first kappa shape index (κ1) is 18.2. The summed E-state index contributed by atoms with van der Waals surface area (Å²) >= 11 is 0. The fourth-order valence-electron chi connectivity index (χ4n) is 3.65. The molecule has 0 saturated heterocycles. The highest BCUT2D eigenvalue weighted by atomic mass is 32.2. The van der Waals surface area contributed by atoms with Crippen molar-refractivity contribution in [2.24, 2.45) is 5.92 Å². The number of rotatable bonds is 6. The van der Waals surface area contributed by atoms with Crippen molar-refractivity contribution >= 4 is 21.6 Å². The summed E-state index contributed by atoms with van der Waals surface area (Å²) in [6.45, 7) is 2.60. The average Bonchev–Trinajstić information content (AvgIpc) is 3.45. The van der Waals surface area contributed by atoms with Gasteiger partial charge in [0.05, 0.1) is 4.90 Å². The molecule has 1 saturated carbocycles. The van der Waals surface area contributed by atoms with Crippen molar-refractivity contribution in [3.63, 3.8) is 0 Å². The molecule has 5 nitrogen and oxygen atoms in total. The Morgan fingerprint density at radius 2 is 1.93 bits per heavy atom. The molecule has 1 aliphatic heterocycles. The Hall–Kier alpha value is -2.18. The maximum Gasteiger partial charge on any atom is 0.241 e. The molecule has 1 aliphatic carbocycles. The van der Waals surface area contributed by atoms with Crippen LogP contribution in [0.2, 0.25) is 0 Å². The van der Waals surface area contributed by atoms with Gasteiger partial charge >= 0.3 is 0 Å². The summed E-state index contributed by atoms with van der Waals surface area (Å²) in [5.41, 5.74) is 2.74. The molecular formula is C21H24N2O3S. The largest absolute Gasteiger partial charge is 0.312 e. The van der Waals surface area contributed by atoms with Crippen molar-refractivity contribution in [2.45, 2.75) is 43.5 Å². The minimum absolute atomic E-state index is 0.164. The van der Waals surface area contributed by atoms with Gasteiger partial charge in [0.1, 0.15) is 0 Å². The zero-order valence-corrected chi connectivity index (χ0v) is 16.2. The Morgan fingerprint density at radius 3 is 2.59 bits per heavy atom. The summed E-state index contributed by atoms with van der Waals surface area (Å²) in [6.07, 6.45) is 3.31. The van der Waals surface area contributed by atoms with E-state index >= 15 is 0 Å². The SMILES string of the molecule is CC[C@@H](NS(=O)(=O)c1ccc2c(c1)CCN2C(=O)C1CC1)c1ccccc1. The van der Waals surface area contributed by atoms with Gasteiger partial charge in [0, 0.05) is 24.2 Å². The molecule has 2 aromatic rings. The van der Waals surface area contributed by atoms with Crippen molar-refractivity contribution in [1.82, 2.24) is 4.72 Å². The van der Waals surface area contributed by atoms with Gasteiger partial charge in [0.15, 0.2) is 0 Å². The normalized spacial score (nSPS) is 17.6. The van der Waals surface area contributed by atoms with Crippen LogP contribution >= 0.6 is 0 Å². The van der Waals surface area contributed by atoms with Crippen molar-refractivity contribution < 1.29 is 13.2 Å². The van der Waals surface area contributed by atoms with E-state index in [0.29, 0.717) is 19.4 Å². The lowest BCUT2D eigenvalue weighted by Crippen LogP contribution is -2.30. The molecule has 2 aromatic carbocycles. The van der Waals surface area contributed by atoms with Crippen molar-refractivity contribution in [1.29, 1.82) is 0 Å². The molecule has 0 unspecified atom stereocenters. The second-order valence-corrected chi connectivity index (χ2v) is 9.01. The minimum Gasteiger partial charge on any atom is -0.312 e. The summed E-state index contributed by atoms with van der Waals surface area (Å²) in [7, 11) is -3.64. The van der Waals surface area contributed by atoms with E-state index in [1.165, 1.54) is 0 Å². The molecule has 0 aromatic heterocycles. The molecule has 0 radical (unpaired) electrons. The van der Waals surface area contributed by atoms with E-state index < -0.39 is 10.0 Å². The first-order valence-electron chi connectivity index (χ1n) is 9.51. The Kier molecular flexibility index (Phi) is 4.78.